The molecule has 1 amide bonds. The fourth-order valence-corrected chi connectivity index (χ4v) is 3.29. The summed E-state index contributed by atoms with van der Waals surface area (Å²) in [5, 5.41) is 3.32. The number of aromatic nitrogens is 3. The van der Waals surface area contributed by atoms with Crippen LogP contribution in [0, 0.1) is 18.3 Å². The summed E-state index contributed by atoms with van der Waals surface area (Å²) in [6.45, 7) is 2.79. The molecule has 2 aromatic heterocycles. The number of rotatable bonds is 6. The van der Waals surface area contributed by atoms with E-state index in [9.17, 15) is 4.79 Å². The number of hydrogen-bond donors (Lipinski definition) is 1. The van der Waals surface area contributed by atoms with Gasteiger partial charge in [-0.3, -0.25) is 9.78 Å². The number of nitrogens with one attached hydrogen (secondary N) is 1. The summed E-state index contributed by atoms with van der Waals surface area (Å²) in [5.74, 6) is 0.713. The third-order valence-corrected chi connectivity index (χ3v) is 5.10. The molecule has 2 aliphatic carbocycles. The van der Waals surface area contributed by atoms with Crippen LogP contribution in [0.5, 0.6) is 0 Å². The van der Waals surface area contributed by atoms with Crippen molar-refractivity contribution in [2.75, 3.05) is 0 Å². The predicted molar refractivity (Wildman–Crippen MR) is 86.5 cm³/mol. The van der Waals surface area contributed by atoms with E-state index in [-0.39, 0.29) is 17.4 Å². The average Bonchev–Trinajstić information content (AvgIpc) is 3.46. The largest absolute Gasteiger partial charge is 0.347 e. The van der Waals surface area contributed by atoms with Gasteiger partial charge in [0.1, 0.15) is 0 Å². The van der Waals surface area contributed by atoms with E-state index in [2.05, 4.69) is 28.3 Å². The molecule has 0 bridgehead atoms. The van der Waals surface area contributed by atoms with Gasteiger partial charge in [-0.2, -0.15) is 0 Å². The van der Waals surface area contributed by atoms with Crippen LogP contribution >= 0.6 is 0 Å². The van der Waals surface area contributed by atoms with Gasteiger partial charge in [0.2, 0.25) is 5.91 Å². The van der Waals surface area contributed by atoms with E-state index in [1.165, 1.54) is 12.8 Å². The van der Waals surface area contributed by atoms with Crippen molar-refractivity contribution in [2.24, 2.45) is 11.3 Å². The highest BCUT2D eigenvalue weighted by atomic mass is 16.2. The van der Waals surface area contributed by atoms with E-state index >= 15 is 0 Å². The Morgan fingerprint density at radius 1 is 1.43 bits per heavy atom. The van der Waals surface area contributed by atoms with Gasteiger partial charge in [0.25, 0.3) is 0 Å². The highest BCUT2D eigenvalue weighted by molar-refractivity contribution is 5.85. The number of aryl methyl sites for hydroxylation is 1. The Bertz CT molecular complexity index is 702. The second-order valence-electron chi connectivity index (χ2n) is 7.01. The van der Waals surface area contributed by atoms with Crippen molar-refractivity contribution in [1.29, 1.82) is 0 Å². The van der Waals surface area contributed by atoms with Crippen LogP contribution in [-0.2, 0) is 11.3 Å². The standard InChI is InChI=1S/C18H22N4O/c1-13-3-2-8-20-15(13)16(14-4-5-14)21-17(23)18(6-7-18)11-22-10-9-19-12-22/h2-3,8-10,12,14,16H,4-7,11H2,1H3,(H,21,23)/t16-/m0/s1. The molecule has 0 spiro atoms. The minimum atomic E-state index is -0.253. The van der Waals surface area contributed by atoms with Gasteiger partial charge in [0.05, 0.1) is 23.5 Å². The summed E-state index contributed by atoms with van der Waals surface area (Å²) < 4.78 is 2.00. The first-order valence-electron chi connectivity index (χ1n) is 8.36. The molecule has 2 heterocycles. The Labute approximate surface area is 136 Å². The number of nitrogens with zero attached hydrogens (tertiary/aromatic N) is 3. The number of hydrogen-bond acceptors (Lipinski definition) is 3. The molecule has 2 fully saturated rings. The van der Waals surface area contributed by atoms with Crippen LogP contribution in [0.25, 0.3) is 0 Å². The third kappa shape index (κ3) is 2.87. The molecule has 120 valence electrons. The van der Waals surface area contributed by atoms with Crippen LogP contribution in [0.4, 0.5) is 0 Å². The van der Waals surface area contributed by atoms with E-state index in [0.29, 0.717) is 5.92 Å². The van der Waals surface area contributed by atoms with Crippen molar-refractivity contribution in [3.63, 3.8) is 0 Å². The molecule has 2 aromatic rings. The molecule has 0 aromatic carbocycles. The van der Waals surface area contributed by atoms with Crippen LogP contribution < -0.4 is 5.32 Å². The van der Waals surface area contributed by atoms with Crippen LogP contribution in [0.1, 0.15) is 43.0 Å². The average molecular weight is 310 g/mol. The van der Waals surface area contributed by atoms with E-state index in [1.54, 1.807) is 12.5 Å². The summed E-state index contributed by atoms with van der Waals surface area (Å²) in [7, 11) is 0. The lowest BCUT2D eigenvalue weighted by Crippen LogP contribution is -2.38. The third-order valence-electron chi connectivity index (χ3n) is 5.10. The summed E-state index contributed by atoms with van der Waals surface area (Å²) in [6, 6.07) is 4.08. The molecule has 5 heteroatoms. The van der Waals surface area contributed by atoms with Crippen LogP contribution in [0.3, 0.4) is 0 Å². The molecule has 1 atom stereocenters. The molecule has 2 aliphatic rings. The predicted octanol–water partition coefficient (Wildman–Crippen LogP) is 2.63. The highest BCUT2D eigenvalue weighted by Gasteiger charge is 2.51. The maximum absolute atomic E-state index is 12.9. The summed E-state index contributed by atoms with van der Waals surface area (Å²) in [6.07, 6.45) is 11.6. The van der Waals surface area contributed by atoms with Gasteiger partial charge in [-0.1, -0.05) is 6.07 Å². The zero-order valence-corrected chi connectivity index (χ0v) is 13.4. The molecule has 4 rings (SSSR count). The Hall–Kier alpha value is -2.17. The van der Waals surface area contributed by atoms with Crippen molar-refractivity contribution in [3.8, 4) is 0 Å². The normalized spacial score (nSPS) is 20.0. The minimum absolute atomic E-state index is 0.0592. The number of pyridine rings is 1. The zero-order valence-electron chi connectivity index (χ0n) is 13.4. The van der Waals surface area contributed by atoms with Gasteiger partial charge in [0.15, 0.2) is 0 Å². The summed E-state index contributed by atoms with van der Waals surface area (Å²) in [4.78, 5) is 21.5. The zero-order chi connectivity index (χ0) is 15.9. The first-order chi connectivity index (χ1) is 11.2. The quantitative estimate of drug-likeness (QED) is 0.892. The van der Waals surface area contributed by atoms with Crippen LogP contribution in [-0.4, -0.2) is 20.4 Å². The highest BCUT2D eigenvalue weighted by Crippen LogP contribution is 2.49. The molecule has 0 unspecified atom stereocenters. The van der Waals surface area contributed by atoms with E-state index in [4.69, 9.17) is 0 Å². The molecular formula is C18H22N4O. The van der Waals surface area contributed by atoms with Gasteiger partial charge in [-0.05, 0) is 50.2 Å². The number of amides is 1. The Balaban J connectivity index is 1.51. The fraction of sp³-hybridized carbons (Fsp3) is 0.500. The molecule has 23 heavy (non-hydrogen) atoms. The van der Waals surface area contributed by atoms with Crippen molar-refractivity contribution in [3.05, 3.63) is 48.3 Å². The van der Waals surface area contributed by atoms with Gasteiger partial charge >= 0.3 is 0 Å². The minimum Gasteiger partial charge on any atom is -0.347 e. The molecule has 1 N–H and O–H groups in total. The lowest BCUT2D eigenvalue weighted by atomic mass is 10.0. The monoisotopic (exact) mass is 310 g/mol. The van der Waals surface area contributed by atoms with E-state index in [0.717, 1.165) is 30.6 Å². The van der Waals surface area contributed by atoms with Crippen LogP contribution in [0.15, 0.2) is 37.1 Å². The Morgan fingerprint density at radius 3 is 2.87 bits per heavy atom. The summed E-state index contributed by atoms with van der Waals surface area (Å²) in [5.41, 5.74) is 1.93. The molecule has 2 saturated carbocycles. The molecule has 0 radical (unpaired) electrons. The van der Waals surface area contributed by atoms with Gasteiger partial charge < -0.3 is 9.88 Å². The first kappa shape index (κ1) is 14.4. The Morgan fingerprint density at radius 2 is 2.26 bits per heavy atom. The van der Waals surface area contributed by atoms with E-state index in [1.807, 2.05) is 23.0 Å². The van der Waals surface area contributed by atoms with Crippen molar-refractivity contribution >= 4 is 5.91 Å². The van der Waals surface area contributed by atoms with Gasteiger partial charge in [-0.15, -0.1) is 0 Å². The molecule has 0 saturated heterocycles. The number of imidazole rings is 1. The molecule has 0 aliphatic heterocycles. The van der Waals surface area contributed by atoms with Crippen molar-refractivity contribution in [1.82, 2.24) is 19.9 Å². The number of carbonyl (C=O) groups is 1. The lowest BCUT2D eigenvalue weighted by Gasteiger charge is -2.23. The summed E-state index contributed by atoms with van der Waals surface area (Å²) >= 11 is 0. The van der Waals surface area contributed by atoms with Gasteiger partial charge in [0, 0.05) is 25.1 Å². The second kappa shape index (κ2) is 5.48. The maximum atomic E-state index is 12.9. The van der Waals surface area contributed by atoms with Crippen LogP contribution in [0.2, 0.25) is 0 Å². The Kier molecular flexibility index (Phi) is 3.43. The SMILES string of the molecule is Cc1cccnc1[C@@H](NC(=O)C1(Cn2ccnc2)CC1)C1CC1. The van der Waals surface area contributed by atoms with E-state index < -0.39 is 0 Å². The van der Waals surface area contributed by atoms with Gasteiger partial charge in [-0.25, -0.2) is 4.98 Å². The topological polar surface area (TPSA) is 59.8 Å². The van der Waals surface area contributed by atoms with Crippen molar-refractivity contribution in [2.45, 2.75) is 45.2 Å². The fourth-order valence-electron chi connectivity index (χ4n) is 3.29. The molecule has 5 nitrogen and oxygen atoms in total. The molecular weight excluding hydrogens is 288 g/mol. The smallest absolute Gasteiger partial charge is 0.228 e. The first-order valence-corrected chi connectivity index (χ1v) is 8.36. The number of carbonyl (C=O) groups excluding carboxylic acids is 1. The maximum Gasteiger partial charge on any atom is 0.228 e. The van der Waals surface area contributed by atoms with Crippen molar-refractivity contribution < 1.29 is 4.79 Å². The lowest BCUT2D eigenvalue weighted by molar-refractivity contribution is -0.127. The second-order valence-corrected chi connectivity index (χ2v) is 7.01.